The van der Waals surface area contributed by atoms with Gasteiger partial charge in [0.05, 0.1) is 5.92 Å². The molecule has 4 nitrogen and oxygen atoms in total. The van der Waals surface area contributed by atoms with Crippen LogP contribution in [0.4, 0.5) is 0 Å². The highest BCUT2D eigenvalue weighted by Crippen LogP contribution is 2.23. The molecule has 20 heavy (non-hydrogen) atoms. The first-order valence-corrected chi connectivity index (χ1v) is 6.59. The summed E-state index contributed by atoms with van der Waals surface area (Å²) in [4.78, 5) is 18.6. The molecule has 0 bridgehead atoms. The standard InChI is InChI=1S/C14H21N3O.2ClH/c1-11(12-5-3-7-16-9-12)14(18)17-8-4-6-13(17)10-15-2;;/h3,5,7,9,11,13,15H,4,6,8,10H2,1-2H3;2*1H. The van der Waals surface area contributed by atoms with Crippen molar-refractivity contribution >= 4 is 30.7 Å². The van der Waals surface area contributed by atoms with Gasteiger partial charge in [-0.05, 0) is 38.4 Å². The number of amides is 1. The van der Waals surface area contributed by atoms with Crippen LogP contribution < -0.4 is 5.32 Å². The molecule has 0 aromatic carbocycles. The lowest BCUT2D eigenvalue weighted by Gasteiger charge is -2.27. The Morgan fingerprint density at radius 3 is 2.90 bits per heavy atom. The number of carbonyl (C=O) groups is 1. The normalized spacial score (nSPS) is 18.9. The minimum absolute atomic E-state index is 0. The summed E-state index contributed by atoms with van der Waals surface area (Å²) in [6, 6.07) is 4.20. The summed E-state index contributed by atoms with van der Waals surface area (Å²) in [5.74, 6) is 0.122. The third kappa shape index (κ3) is 4.33. The summed E-state index contributed by atoms with van der Waals surface area (Å²) in [5.41, 5.74) is 0.998. The number of rotatable bonds is 4. The molecule has 1 amide bonds. The Hall–Kier alpha value is -0.840. The van der Waals surface area contributed by atoms with Crippen molar-refractivity contribution in [2.45, 2.75) is 31.7 Å². The molecule has 1 saturated heterocycles. The summed E-state index contributed by atoms with van der Waals surface area (Å²) < 4.78 is 0. The average Bonchev–Trinajstić information content (AvgIpc) is 2.87. The maximum atomic E-state index is 12.5. The average molecular weight is 320 g/mol. The van der Waals surface area contributed by atoms with Crippen molar-refractivity contribution in [2.24, 2.45) is 0 Å². The van der Waals surface area contributed by atoms with Gasteiger partial charge in [-0.1, -0.05) is 6.07 Å². The molecule has 1 aromatic heterocycles. The summed E-state index contributed by atoms with van der Waals surface area (Å²) in [6.07, 6.45) is 5.73. The first-order valence-electron chi connectivity index (χ1n) is 6.59. The van der Waals surface area contributed by atoms with Crippen molar-refractivity contribution < 1.29 is 4.79 Å². The number of aromatic nitrogens is 1. The van der Waals surface area contributed by atoms with Crippen LogP contribution in [0.25, 0.3) is 0 Å². The molecule has 2 atom stereocenters. The second-order valence-electron chi connectivity index (χ2n) is 4.89. The maximum Gasteiger partial charge on any atom is 0.230 e. The molecule has 1 aromatic rings. The minimum Gasteiger partial charge on any atom is -0.338 e. The Morgan fingerprint density at radius 1 is 1.55 bits per heavy atom. The summed E-state index contributed by atoms with van der Waals surface area (Å²) in [7, 11) is 1.94. The number of nitrogens with one attached hydrogen (secondary N) is 1. The van der Waals surface area contributed by atoms with Crippen molar-refractivity contribution in [1.29, 1.82) is 0 Å². The summed E-state index contributed by atoms with van der Waals surface area (Å²) in [5, 5.41) is 3.17. The minimum atomic E-state index is -0.101. The third-order valence-corrected chi connectivity index (χ3v) is 3.65. The van der Waals surface area contributed by atoms with Crippen LogP contribution in [0.2, 0.25) is 0 Å². The lowest BCUT2D eigenvalue weighted by atomic mass is 10.0. The van der Waals surface area contributed by atoms with Crippen LogP contribution in [0.5, 0.6) is 0 Å². The molecule has 0 aliphatic carbocycles. The molecule has 0 spiro atoms. The van der Waals surface area contributed by atoms with Crippen LogP contribution in [0.15, 0.2) is 24.5 Å². The molecular weight excluding hydrogens is 297 g/mol. The highest BCUT2D eigenvalue weighted by atomic mass is 35.5. The van der Waals surface area contributed by atoms with Gasteiger partial charge in [0, 0.05) is 31.5 Å². The summed E-state index contributed by atoms with van der Waals surface area (Å²) >= 11 is 0. The number of hydrogen-bond acceptors (Lipinski definition) is 3. The lowest BCUT2D eigenvalue weighted by Crippen LogP contribution is -2.42. The molecule has 2 rings (SSSR count). The van der Waals surface area contributed by atoms with Crippen molar-refractivity contribution in [2.75, 3.05) is 20.1 Å². The van der Waals surface area contributed by atoms with E-state index < -0.39 is 0 Å². The fourth-order valence-corrected chi connectivity index (χ4v) is 2.60. The van der Waals surface area contributed by atoms with E-state index in [2.05, 4.69) is 10.3 Å². The molecule has 1 fully saturated rings. The largest absolute Gasteiger partial charge is 0.338 e. The van der Waals surface area contributed by atoms with Gasteiger partial charge in [-0.2, -0.15) is 0 Å². The number of pyridine rings is 1. The van der Waals surface area contributed by atoms with E-state index in [0.29, 0.717) is 6.04 Å². The zero-order chi connectivity index (χ0) is 13.0. The van der Waals surface area contributed by atoms with Crippen LogP contribution >= 0.6 is 24.8 Å². The summed E-state index contributed by atoms with van der Waals surface area (Å²) in [6.45, 7) is 3.73. The lowest BCUT2D eigenvalue weighted by molar-refractivity contribution is -0.133. The fraction of sp³-hybridized carbons (Fsp3) is 0.571. The van der Waals surface area contributed by atoms with E-state index in [0.717, 1.165) is 31.5 Å². The highest BCUT2D eigenvalue weighted by molar-refractivity contribution is 5.85. The van der Waals surface area contributed by atoms with Gasteiger partial charge in [0.2, 0.25) is 5.91 Å². The Labute approximate surface area is 133 Å². The van der Waals surface area contributed by atoms with Gasteiger partial charge < -0.3 is 10.2 Å². The SMILES string of the molecule is CNCC1CCCN1C(=O)C(C)c1cccnc1.Cl.Cl. The molecule has 0 radical (unpaired) electrons. The van der Waals surface area contributed by atoms with Gasteiger partial charge in [-0.15, -0.1) is 24.8 Å². The van der Waals surface area contributed by atoms with Gasteiger partial charge >= 0.3 is 0 Å². The van der Waals surface area contributed by atoms with E-state index in [1.54, 1.807) is 12.4 Å². The first-order chi connectivity index (χ1) is 8.74. The number of carbonyl (C=O) groups excluding carboxylic acids is 1. The fourth-order valence-electron chi connectivity index (χ4n) is 2.60. The molecule has 1 aliphatic rings. The molecule has 2 heterocycles. The molecule has 1 aliphatic heterocycles. The van der Waals surface area contributed by atoms with E-state index in [1.807, 2.05) is 31.0 Å². The van der Waals surface area contributed by atoms with Gasteiger partial charge in [0.25, 0.3) is 0 Å². The second-order valence-corrected chi connectivity index (χ2v) is 4.89. The monoisotopic (exact) mass is 319 g/mol. The zero-order valence-corrected chi connectivity index (χ0v) is 13.5. The van der Waals surface area contributed by atoms with E-state index in [1.165, 1.54) is 0 Å². The predicted molar refractivity (Wildman–Crippen MR) is 85.8 cm³/mol. The van der Waals surface area contributed by atoms with Gasteiger partial charge in [0.1, 0.15) is 0 Å². The van der Waals surface area contributed by atoms with Crippen molar-refractivity contribution in [3.05, 3.63) is 30.1 Å². The smallest absolute Gasteiger partial charge is 0.230 e. The predicted octanol–water partition coefficient (Wildman–Crippen LogP) is 2.24. The second kappa shape index (κ2) is 9.16. The molecule has 2 unspecified atom stereocenters. The molecular formula is C14H23Cl2N3O. The van der Waals surface area contributed by atoms with Crippen molar-refractivity contribution in [3.8, 4) is 0 Å². The number of hydrogen-bond donors (Lipinski definition) is 1. The van der Waals surface area contributed by atoms with E-state index in [-0.39, 0.29) is 36.6 Å². The molecule has 6 heteroatoms. The number of nitrogens with zero attached hydrogens (tertiary/aromatic N) is 2. The van der Waals surface area contributed by atoms with Gasteiger partial charge in [0.15, 0.2) is 0 Å². The van der Waals surface area contributed by atoms with Crippen LogP contribution in [-0.2, 0) is 4.79 Å². The van der Waals surface area contributed by atoms with E-state index in [4.69, 9.17) is 0 Å². The van der Waals surface area contributed by atoms with Crippen LogP contribution in [0.3, 0.4) is 0 Å². The maximum absolute atomic E-state index is 12.5. The molecule has 114 valence electrons. The molecule has 0 saturated carbocycles. The van der Waals surface area contributed by atoms with E-state index >= 15 is 0 Å². The first kappa shape index (κ1) is 19.2. The van der Waals surface area contributed by atoms with Crippen molar-refractivity contribution in [3.63, 3.8) is 0 Å². The number of halogens is 2. The highest BCUT2D eigenvalue weighted by Gasteiger charge is 2.31. The van der Waals surface area contributed by atoms with Gasteiger partial charge in [-0.3, -0.25) is 9.78 Å². The third-order valence-electron chi connectivity index (χ3n) is 3.65. The Bertz CT molecular complexity index is 403. The Morgan fingerprint density at radius 2 is 2.30 bits per heavy atom. The van der Waals surface area contributed by atoms with Crippen LogP contribution in [-0.4, -0.2) is 42.0 Å². The number of likely N-dealkylation sites (tertiary alicyclic amines) is 1. The topological polar surface area (TPSA) is 45.2 Å². The van der Waals surface area contributed by atoms with Gasteiger partial charge in [-0.25, -0.2) is 0 Å². The zero-order valence-electron chi connectivity index (χ0n) is 11.9. The quantitative estimate of drug-likeness (QED) is 0.925. The Balaban J connectivity index is 0.00000180. The van der Waals surface area contributed by atoms with E-state index in [9.17, 15) is 4.79 Å². The number of likely N-dealkylation sites (N-methyl/N-ethyl adjacent to an activating group) is 1. The van der Waals surface area contributed by atoms with Crippen LogP contribution in [0.1, 0.15) is 31.2 Å². The Kier molecular flexibility index (Phi) is 8.78. The van der Waals surface area contributed by atoms with Crippen LogP contribution in [0, 0.1) is 0 Å². The van der Waals surface area contributed by atoms with Crippen molar-refractivity contribution in [1.82, 2.24) is 15.2 Å². The molecule has 1 N–H and O–H groups in total.